The van der Waals surface area contributed by atoms with Crippen molar-refractivity contribution < 1.29 is 4.74 Å². The maximum Gasteiger partial charge on any atom is 0.171 e. The Morgan fingerprint density at radius 3 is 3.00 bits per heavy atom. The molecule has 23 heavy (non-hydrogen) atoms. The summed E-state index contributed by atoms with van der Waals surface area (Å²) in [6, 6.07) is 13.9. The summed E-state index contributed by atoms with van der Waals surface area (Å²) in [4.78, 5) is 1.27. The smallest absolute Gasteiger partial charge is 0.171 e. The second kappa shape index (κ2) is 7.43. The van der Waals surface area contributed by atoms with E-state index in [0.717, 1.165) is 28.6 Å². The molecule has 0 saturated heterocycles. The number of thioether (sulfide) groups is 1. The Balaban J connectivity index is 1.70. The Morgan fingerprint density at radius 1 is 1.30 bits per heavy atom. The molecule has 0 fully saturated rings. The molecule has 120 valence electrons. The van der Waals surface area contributed by atoms with Gasteiger partial charge in [-0.25, -0.2) is 0 Å². The van der Waals surface area contributed by atoms with Crippen LogP contribution in [-0.2, 0) is 0 Å². The predicted molar refractivity (Wildman–Crippen MR) is 102 cm³/mol. The van der Waals surface area contributed by atoms with Gasteiger partial charge in [0.2, 0.25) is 0 Å². The first-order valence-corrected chi connectivity index (χ1v) is 9.07. The number of halogens is 1. The van der Waals surface area contributed by atoms with Gasteiger partial charge in [0.25, 0.3) is 0 Å². The van der Waals surface area contributed by atoms with Crippen molar-refractivity contribution in [3.63, 3.8) is 0 Å². The van der Waals surface area contributed by atoms with E-state index >= 15 is 0 Å². The minimum Gasteiger partial charge on any atom is -0.497 e. The van der Waals surface area contributed by atoms with Gasteiger partial charge in [-0.3, -0.25) is 0 Å². The molecule has 0 bridgehead atoms. The van der Waals surface area contributed by atoms with Crippen LogP contribution in [0, 0.1) is 0 Å². The average Bonchev–Trinajstić information content (AvgIpc) is 2.55. The molecule has 0 aromatic heterocycles. The van der Waals surface area contributed by atoms with Gasteiger partial charge in [-0.15, -0.1) is 11.8 Å². The molecule has 2 aromatic rings. The van der Waals surface area contributed by atoms with Gasteiger partial charge in [0.05, 0.1) is 13.2 Å². The first-order chi connectivity index (χ1) is 11.2. The molecule has 2 N–H and O–H groups in total. The van der Waals surface area contributed by atoms with Crippen LogP contribution in [-0.4, -0.2) is 18.0 Å². The summed E-state index contributed by atoms with van der Waals surface area (Å²) in [5, 5.41) is 7.96. The second-order valence-corrected chi connectivity index (χ2v) is 7.18. The first kappa shape index (κ1) is 16.4. The molecular weight excluding hydrogens is 348 g/mol. The van der Waals surface area contributed by atoms with Gasteiger partial charge in [-0.1, -0.05) is 17.7 Å². The Hall–Kier alpha value is -1.43. The number of thiocarbonyl (C=S) groups is 1. The third-order valence-corrected chi connectivity index (χ3v) is 5.22. The molecule has 0 amide bonds. The molecule has 1 atom stereocenters. The fourth-order valence-corrected chi connectivity index (χ4v) is 4.09. The summed E-state index contributed by atoms with van der Waals surface area (Å²) in [5.41, 5.74) is 2.11. The van der Waals surface area contributed by atoms with Crippen LogP contribution in [0.25, 0.3) is 0 Å². The highest BCUT2D eigenvalue weighted by Crippen LogP contribution is 2.37. The Kier molecular flexibility index (Phi) is 5.30. The Morgan fingerprint density at radius 2 is 2.17 bits per heavy atom. The second-order valence-electron chi connectivity index (χ2n) is 5.20. The van der Waals surface area contributed by atoms with Crippen LogP contribution in [0.3, 0.4) is 0 Å². The van der Waals surface area contributed by atoms with Crippen LogP contribution in [0.2, 0.25) is 5.02 Å². The van der Waals surface area contributed by atoms with Gasteiger partial charge >= 0.3 is 0 Å². The molecule has 1 aliphatic rings. The summed E-state index contributed by atoms with van der Waals surface area (Å²) in [5.74, 6) is 1.86. The number of rotatable bonds is 3. The normalized spacial score (nSPS) is 16.3. The van der Waals surface area contributed by atoms with Gasteiger partial charge in [0, 0.05) is 27.4 Å². The van der Waals surface area contributed by atoms with E-state index in [1.54, 1.807) is 7.11 Å². The van der Waals surface area contributed by atoms with E-state index < -0.39 is 0 Å². The van der Waals surface area contributed by atoms with Gasteiger partial charge < -0.3 is 15.4 Å². The predicted octanol–water partition coefficient (Wildman–Crippen LogP) is 4.87. The van der Waals surface area contributed by atoms with Crippen LogP contribution in [0.15, 0.2) is 47.4 Å². The van der Waals surface area contributed by atoms with E-state index in [0.29, 0.717) is 5.11 Å². The SMILES string of the molecule is COc1cccc(NC(=S)NC2CCSc3ccc(Cl)cc32)c1. The van der Waals surface area contributed by atoms with Crippen LogP contribution >= 0.6 is 35.6 Å². The number of hydrogen-bond acceptors (Lipinski definition) is 3. The molecule has 2 aromatic carbocycles. The number of hydrogen-bond donors (Lipinski definition) is 2. The molecule has 3 rings (SSSR count). The quantitative estimate of drug-likeness (QED) is 0.759. The first-order valence-electron chi connectivity index (χ1n) is 7.29. The monoisotopic (exact) mass is 364 g/mol. The Labute approximate surface area is 150 Å². The number of fused-ring (bicyclic) bond motifs is 1. The lowest BCUT2D eigenvalue weighted by atomic mass is 10.0. The number of benzene rings is 2. The molecule has 1 aliphatic heterocycles. The standard InChI is InChI=1S/C17H17ClN2OS2/c1-21-13-4-2-3-12(10-13)19-17(22)20-15-7-8-23-16-6-5-11(18)9-14(15)16/h2-6,9-10,15H,7-8H2,1H3,(H2,19,20,22). The van der Waals surface area contributed by atoms with Crippen molar-refractivity contribution in [2.24, 2.45) is 0 Å². The molecule has 6 heteroatoms. The van der Waals surface area contributed by atoms with Crippen LogP contribution in [0.5, 0.6) is 5.75 Å². The lowest BCUT2D eigenvalue weighted by Gasteiger charge is -2.27. The van der Waals surface area contributed by atoms with Crippen molar-refractivity contribution in [3.05, 3.63) is 53.1 Å². The topological polar surface area (TPSA) is 33.3 Å². The van der Waals surface area contributed by atoms with Gasteiger partial charge in [-0.05, 0) is 54.5 Å². The maximum absolute atomic E-state index is 6.14. The highest BCUT2D eigenvalue weighted by Gasteiger charge is 2.21. The molecule has 0 aliphatic carbocycles. The molecule has 1 unspecified atom stereocenters. The van der Waals surface area contributed by atoms with E-state index in [1.165, 1.54) is 10.5 Å². The van der Waals surface area contributed by atoms with Gasteiger partial charge in [-0.2, -0.15) is 0 Å². The summed E-state index contributed by atoms with van der Waals surface area (Å²) >= 11 is 13.5. The third-order valence-electron chi connectivity index (χ3n) is 3.64. The molecule has 1 heterocycles. The van der Waals surface area contributed by atoms with E-state index in [1.807, 2.05) is 48.2 Å². The van der Waals surface area contributed by atoms with E-state index in [9.17, 15) is 0 Å². The van der Waals surface area contributed by atoms with Crippen molar-refractivity contribution in [2.45, 2.75) is 17.4 Å². The van der Waals surface area contributed by atoms with Gasteiger partial charge in [0.1, 0.15) is 5.75 Å². The molecule has 3 nitrogen and oxygen atoms in total. The fraction of sp³-hybridized carbons (Fsp3) is 0.235. The Bertz CT molecular complexity index is 723. The minimum absolute atomic E-state index is 0.176. The minimum atomic E-state index is 0.176. The largest absolute Gasteiger partial charge is 0.497 e. The highest BCUT2D eigenvalue weighted by molar-refractivity contribution is 7.99. The average molecular weight is 365 g/mol. The van der Waals surface area contributed by atoms with Crippen molar-refractivity contribution in [1.82, 2.24) is 5.32 Å². The number of methoxy groups -OCH3 is 1. The zero-order valence-electron chi connectivity index (χ0n) is 12.6. The van der Waals surface area contributed by atoms with Crippen molar-refractivity contribution >= 4 is 46.4 Å². The summed E-state index contributed by atoms with van der Waals surface area (Å²) < 4.78 is 5.22. The van der Waals surface area contributed by atoms with Crippen molar-refractivity contribution in [2.75, 3.05) is 18.2 Å². The van der Waals surface area contributed by atoms with Gasteiger partial charge in [0.15, 0.2) is 5.11 Å². The summed E-state index contributed by atoms with van der Waals surface area (Å²) in [7, 11) is 1.65. The molecule has 0 radical (unpaired) electrons. The lowest BCUT2D eigenvalue weighted by Crippen LogP contribution is -2.33. The van der Waals surface area contributed by atoms with Crippen LogP contribution in [0.4, 0.5) is 5.69 Å². The lowest BCUT2D eigenvalue weighted by molar-refractivity contribution is 0.415. The number of ether oxygens (including phenoxy) is 1. The molecule has 0 spiro atoms. The number of anilines is 1. The molecule has 0 saturated carbocycles. The van der Waals surface area contributed by atoms with E-state index in [2.05, 4.69) is 16.7 Å². The van der Waals surface area contributed by atoms with Crippen molar-refractivity contribution in [1.29, 1.82) is 0 Å². The van der Waals surface area contributed by atoms with Crippen LogP contribution in [0.1, 0.15) is 18.0 Å². The zero-order chi connectivity index (χ0) is 16.2. The molecular formula is C17H17ClN2OS2. The van der Waals surface area contributed by atoms with Crippen molar-refractivity contribution in [3.8, 4) is 5.75 Å². The summed E-state index contributed by atoms with van der Waals surface area (Å²) in [6.07, 6.45) is 1.01. The van der Waals surface area contributed by atoms with E-state index in [-0.39, 0.29) is 6.04 Å². The maximum atomic E-state index is 6.14. The third kappa shape index (κ3) is 4.10. The fourth-order valence-electron chi connectivity index (χ4n) is 2.54. The van der Waals surface area contributed by atoms with E-state index in [4.69, 9.17) is 28.6 Å². The number of nitrogens with one attached hydrogen (secondary N) is 2. The summed E-state index contributed by atoms with van der Waals surface area (Å²) in [6.45, 7) is 0. The van der Waals surface area contributed by atoms with Crippen LogP contribution < -0.4 is 15.4 Å². The zero-order valence-corrected chi connectivity index (χ0v) is 15.0. The highest BCUT2D eigenvalue weighted by atomic mass is 35.5.